The van der Waals surface area contributed by atoms with Crippen LogP contribution in [0.2, 0.25) is 0 Å². The minimum Gasteiger partial charge on any atom is -0.352 e. The fourth-order valence-corrected chi connectivity index (χ4v) is 5.30. The summed E-state index contributed by atoms with van der Waals surface area (Å²) < 4.78 is 62.4. The summed E-state index contributed by atoms with van der Waals surface area (Å²) in [6.45, 7) is 0.499. The molecule has 0 radical (unpaired) electrons. The predicted molar refractivity (Wildman–Crippen MR) is 108 cm³/mol. The Hall–Kier alpha value is -2.34. The first-order chi connectivity index (χ1) is 14.1. The van der Waals surface area contributed by atoms with Crippen LogP contribution in [0.25, 0.3) is 0 Å². The van der Waals surface area contributed by atoms with E-state index in [1.54, 1.807) is 12.1 Å². The van der Waals surface area contributed by atoms with Crippen molar-refractivity contribution in [1.29, 1.82) is 0 Å². The molecule has 1 saturated heterocycles. The minimum absolute atomic E-state index is 0.0140. The molecule has 11 heteroatoms. The average molecular weight is 456 g/mol. The van der Waals surface area contributed by atoms with Crippen LogP contribution in [0, 0.1) is 11.7 Å². The van der Waals surface area contributed by atoms with E-state index in [1.165, 1.54) is 28.6 Å². The maximum absolute atomic E-state index is 13.1. The van der Waals surface area contributed by atoms with E-state index in [1.807, 2.05) is 0 Å². The van der Waals surface area contributed by atoms with Gasteiger partial charge < -0.3 is 5.32 Å². The minimum atomic E-state index is -3.81. The Kier molecular flexibility index (Phi) is 6.56. The van der Waals surface area contributed by atoms with Crippen LogP contribution in [-0.2, 0) is 31.4 Å². The van der Waals surface area contributed by atoms with E-state index < -0.39 is 31.8 Å². The lowest BCUT2D eigenvalue weighted by Crippen LogP contribution is -2.45. The predicted octanol–water partition coefficient (Wildman–Crippen LogP) is 1.19. The third-order valence-corrected chi connectivity index (χ3v) is 7.73. The number of piperidine rings is 1. The molecule has 0 bridgehead atoms. The van der Waals surface area contributed by atoms with Crippen molar-refractivity contribution in [2.75, 3.05) is 13.1 Å². The molecular weight excluding hydrogens is 433 g/mol. The molecular formula is C19H22FN3O5S2. The van der Waals surface area contributed by atoms with E-state index in [0.717, 1.165) is 12.1 Å². The second-order valence-corrected chi connectivity index (χ2v) is 10.6. The van der Waals surface area contributed by atoms with Crippen LogP contribution in [0.4, 0.5) is 4.39 Å². The van der Waals surface area contributed by atoms with Crippen LogP contribution in [0.15, 0.2) is 58.3 Å². The Balaban J connectivity index is 1.62. The number of hydrogen-bond acceptors (Lipinski definition) is 5. The number of sulfonamides is 2. The first kappa shape index (κ1) is 22.3. The monoisotopic (exact) mass is 455 g/mol. The molecule has 1 atom stereocenters. The van der Waals surface area contributed by atoms with Gasteiger partial charge in [-0.3, -0.25) is 4.79 Å². The lowest BCUT2D eigenvalue weighted by atomic mass is 9.99. The maximum Gasteiger partial charge on any atom is 0.243 e. The van der Waals surface area contributed by atoms with Gasteiger partial charge in [0.2, 0.25) is 26.0 Å². The van der Waals surface area contributed by atoms with Gasteiger partial charge in [0, 0.05) is 19.6 Å². The van der Waals surface area contributed by atoms with Gasteiger partial charge in [-0.1, -0.05) is 12.1 Å². The molecule has 3 rings (SSSR count). The molecule has 1 fully saturated rings. The summed E-state index contributed by atoms with van der Waals surface area (Å²) in [7, 11) is -7.60. The molecule has 1 amide bonds. The number of nitrogens with one attached hydrogen (secondary N) is 1. The van der Waals surface area contributed by atoms with Crippen molar-refractivity contribution < 1.29 is 26.0 Å². The second-order valence-electron chi connectivity index (χ2n) is 7.06. The molecule has 0 aliphatic carbocycles. The van der Waals surface area contributed by atoms with E-state index in [9.17, 15) is 26.0 Å². The van der Waals surface area contributed by atoms with E-state index in [-0.39, 0.29) is 28.8 Å². The van der Waals surface area contributed by atoms with Crippen molar-refractivity contribution in [3.8, 4) is 0 Å². The number of carbonyl (C=O) groups excluding carboxylic acids is 1. The van der Waals surface area contributed by atoms with Crippen LogP contribution in [0.1, 0.15) is 18.4 Å². The highest BCUT2D eigenvalue weighted by Crippen LogP contribution is 2.24. The highest BCUT2D eigenvalue weighted by atomic mass is 32.2. The van der Waals surface area contributed by atoms with Crippen LogP contribution in [0.3, 0.4) is 0 Å². The zero-order valence-corrected chi connectivity index (χ0v) is 17.6. The normalized spacial score (nSPS) is 18.1. The van der Waals surface area contributed by atoms with Gasteiger partial charge in [0.1, 0.15) is 5.82 Å². The number of primary sulfonamides is 1. The zero-order chi connectivity index (χ0) is 21.9. The molecule has 3 N–H and O–H groups in total. The first-order valence-electron chi connectivity index (χ1n) is 9.22. The molecule has 1 unspecified atom stereocenters. The number of nitrogens with zero attached hydrogens (tertiary/aromatic N) is 1. The van der Waals surface area contributed by atoms with Crippen LogP contribution < -0.4 is 10.5 Å². The molecule has 2 aromatic rings. The van der Waals surface area contributed by atoms with Gasteiger partial charge >= 0.3 is 0 Å². The molecule has 2 aromatic carbocycles. The van der Waals surface area contributed by atoms with Crippen LogP contribution in [-0.4, -0.2) is 40.1 Å². The standard InChI is InChI=1S/C19H22FN3O5S2/c20-16-5-9-18(10-6-16)30(27,28)23-11-1-2-15(13-23)19(24)22-12-14-3-7-17(8-4-14)29(21,25)26/h3-10,15H,1-2,11-13H2,(H,22,24)(H2,21,25,26). The average Bonchev–Trinajstić information content (AvgIpc) is 2.72. The SMILES string of the molecule is NS(=O)(=O)c1ccc(CNC(=O)C2CCCN(S(=O)(=O)c3ccc(F)cc3)C2)cc1. The molecule has 0 spiro atoms. The lowest BCUT2D eigenvalue weighted by molar-refractivity contribution is -0.126. The lowest BCUT2D eigenvalue weighted by Gasteiger charge is -2.31. The number of hydrogen-bond donors (Lipinski definition) is 2. The Morgan fingerprint density at radius 1 is 1.03 bits per heavy atom. The quantitative estimate of drug-likeness (QED) is 0.677. The third kappa shape index (κ3) is 5.22. The van der Waals surface area contributed by atoms with Crippen molar-refractivity contribution in [1.82, 2.24) is 9.62 Å². The van der Waals surface area contributed by atoms with E-state index >= 15 is 0 Å². The summed E-state index contributed by atoms with van der Waals surface area (Å²) in [5.74, 6) is -1.33. The third-order valence-electron chi connectivity index (χ3n) is 4.92. The van der Waals surface area contributed by atoms with Gasteiger partial charge in [-0.05, 0) is 54.8 Å². The van der Waals surface area contributed by atoms with Crippen LogP contribution >= 0.6 is 0 Å². The summed E-state index contributed by atoms with van der Waals surface area (Å²) in [4.78, 5) is 12.5. The zero-order valence-electron chi connectivity index (χ0n) is 16.0. The van der Waals surface area contributed by atoms with Gasteiger partial charge in [-0.25, -0.2) is 26.4 Å². The first-order valence-corrected chi connectivity index (χ1v) is 12.2. The summed E-state index contributed by atoms with van der Waals surface area (Å²) in [6.07, 6.45) is 1.08. The highest BCUT2D eigenvalue weighted by molar-refractivity contribution is 7.89. The Morgan fingerprint density at radius 3 is 2.23 bits per heavy atom. The van der Waals surface area contributed by atoms with E-state index in [0.29, 0.717) is 24.9 Å². The van der Waals surface area contributed by atoms with Crippen molar-refractivity contribution in [3.63, 3.8) is 0 Å². The summed E-state index contributed by atoms with van der Waals surface area (Å²) in [5.41, 5.74) is 0.683. The largest absolute Gasteiger partial charge is 0.352 e. The Morgan fingerprint density at radius 2 is 1.63 bits per heavy atom. The van der Waals surface area contributed by atoms with Gasteiger partial charge in [0.25, 0.3) is 0 Å². The second kappa shape index (κ2) is 8.80. The number of rotatable bonds is 6. The topological polar surface area (TPSA) is 127 Å². The van der Waals surface area contributed by atoms with Crippen molar-refractivity contribution in [2.45, 2.75) is 29.2 Å². The fourth-order valence-electron chi connectivity index (χ4n) is 3.26. The van der Waals surface area contributed by atoms with E-state index in [2.05, 4.69) is 5.32 Å². The van der Waals surface area contributed by atoms with Crippen LogP contribution in [0.5, 0.6) is 0 Å². The van der Waals surface area contributed by atoms with Crippen molar-refractivity contribution >= 4 is 26.0 Å². The fraction of sp³-hybridized carbons (Fsp3) is 0.316. The molecule has 30 heavy (non-hydrogen) atoms. The Bertz CT molecular complexity index is 1120. The van der Waals surface area contributed by atoms with Gasteiger partial charge in [-0.15, -0.1) is 0 Å². The van der Waals surface area contributed by atoms with E-state index in [4.69, 9.17) is 5.14 Å². The van der Waals surface area contributed by atoms with Gasteiger partial charge in [-0.2, -0.15) is 4.31 Å². The number of benzene rings is 2. The molecule has 1 heterocycles. The van der Waals surface area contributed by atoms with Crippen molar-refractivity contribution in [3.05, 3.63) is 59.9 Å². The molecule has 0 aromatic heterocycles. The molecule has 1 aliphatic rings. The van der Waals surface area contributed by atoms with Crippen molar-refractivity contribution in [2.24, 2.45) is 11.1 Å². The molecule has 162 valence electrons. The molecule has 1 aliphatic heterocycles. The summed E-state index contributed by atoms with van der Waals surface area (Å²) in [5, 5.41) is 7.81. The summed E-state index contributed by atoms with van der Waals surface area (Å²) >= 11 is 0. The Labute approximate surface area is 175 Å². The highest BCUT2D eigenvalue weighted by Gasteiger charge is 2.33. The number of halogens is 1. The summed E-state index contributed by atoms with van der Waals surface area (Å²) in [6, 6.07) is 10.4. The molecule has 8 nitrogen and oxygen atoms in total. The van der Waals surface area contributed by atoms with Gasteiger partial charge in [0.15, 0.2) is 0 Å². The van der Waals surface area contributed by atoms with Gasteiger partial charge in [0.05, 0.1) is 15.7 Å². The molecule has 0 saturated carbocycles. The smallest absolute Gasteiger partial charge is 0.243 e. The number of carbonyl (C=O) groups is 1. The number of nitrogens with two attached hydrogens (primary N) is 1. The number of amides is 1. The maximum atomic E-state index is 13.1.